The first-order chi connectivity index (χ1) is 7.22. The minimum Gasteiger partial charge on any atom is -0.449 e. The fourth-order valence-corrected chi connectivity index (χ4v) is 1.65. The lowest BCUT2D eigenvalue weighted by Gasteiger charge is -2.03. The van der Waals surface area contributed by atoms with Crippen LogP contribution in [0.3, 0.4) is 0 Å². The summed E-state index contributed by atoms with van der Waals surface area (Å²) < 4.78 is 6.38. The fourth-order valence-electron chi connectivity index (χ4n) is 1.47. The van der Waals surface area contributed by atoms with Gasteiger partial charge in [-0.3, -0.25) is 4.57 Å². The van der Waals surface area contributed by atoms with Crippen molar-refractivity contribution in [2.75, 3.05) is 6.61 Å². The van der Waals surface area contributed by atoms with Crippen molar-refractivity contribution in [1.29, 1.82) is 0 Å². The number of carbonyl (C=O) groups is 1. The average molecular weight is 224 g/mol. The summed E-state index contributed by atoms with van der Waals surface area (Å²) in [5.41, 5.74) is 0.804. The standard InChI is InChI=1S/C11H10ClNO2/c1-2-15-11(14)13-6-5-8-7-9(12)3-4-10(8)13/h3-7H,2H2,1H3. The Labute approximate surface area is 92.2 Å². The van der Waals surface area contributed by atoms with Gasteiger partial charge < -0.3 is 4.74 Å². The first-order valence-electron chi connectivity index (χ1n) is 4.66. The number of aromatic nitrogens is 1. The lowest BCUT2D eigenvalue weighted by Crippen LogP contribution is -2.11. The van der Waals surface area contributed by atoms with Crippen LogP contribution in [0.5, 0.6) is 0 Å². The van der Waals surface area contributed by atoms with E-state index in [-0.39, 0.29) is 6.09 Å². The van der Waals surface area contributed by atoms with Gasteiger partial charge in [0.1, 0.15) is 0 Å². The van der Waals surface area contributed by atoms with Crippen LogP contribution in [-0.4, -0.2) is 17.3 Å². The van der Waals surface area contributed by atoms with Crippen LogP contribution < -0.4 is 0 Å². The van der Waals surface area contributed by atoms with E-state index in [1.165, 1.54) is 4.57 Å². The van der Waals surface area contributed by atoms with Crippen LogP contribution in [0.25, 0.3) is 10.9 Å². The summed E-state index contributed by atoms with van der Waals surface area (Å²) in [6, 6.07) is 7.19. The van der Waals surface area contributed by atoms with Crippen LogP contribution in [0.1, 0.15) is 6.92 Å². The van der Waals surface area contributed by atoms with E-state index in [0.717, 1.165) is 10.9 Å². The van der Waals surface area contributed by atoms with Gasteiger partial charge in [-0.25, -0.2) is 4.79 Å². The van der Waals surface area contributed by atoms with E-state index < -0.39 is 0 Å². The molecule has 0 saturated carbocycles. The monoisotopic (exact) mass is 223 g/mol. The summed E-state index contributed by atoms with van der Waals surface area (Å²) in [5, 5.41) is 1.58. The Kier molecular flexibility index (Phi) is 2.64. The number of ether oxygens (including phenoxy) is 1. The van der Waals surface area contributed by atoms with Crippen molar-refractivity contribution in [3.8, 4) is 0 Å². The molecule has 0 fully saturated rings. The van der Waals surface area contributed by atoms with Crippen molar-refractivity contribution in [1.82, 2.24) is 4.57 Å². The second-order valence-corrected chi connectivity index (χ2v) is 3.52. The average Bonchev–Trinajstić information content (AvgIpc) is 2.60. The van der Waals surface area contributed by atoms with Gasteiger partial charge in [0.25, 0.3) is 0 Å². The molecule has 4 heteroatoms. The van der Waals surface area contributed by atoms with Gasteiger partial charge in [0.2, 0.25) is 0 Å². The molecule has 0 amide bonds. The van der Waals surface area contributed by atoms with E-state index >= 15 is 0 Å². The Bertz CT molecular complexity index is 504. The predicted molar refractivity (Wildman–Crippen MR) is 59.4 cm³/mol. The number of nitrogens with zero attached hydrogens (tertiary/aromatic N) is 1. The van der Waals surface area contributed by atoms with Gasteiger partial charge in [-0.2, -0.15) is 0 Å². The van der Waals surface area contributed by atoms with E-state index in [1.54, 1.807) is 25.3 Å². The maximum Gasteiger partial charge on any atom is 0.418 e. The van der Waals surface area contributed by atoms with Gasteiger partial charge in [-0.05, 0) is 31.2 Å². The molecule has 0 unspecified atom stereocenters. The first-order valence-corrected chi connectivity index (χ1v) is 5.04. The molecule has 15 heavy (non-hydrogen) atoms. The largest absolute Gasteiger partial charge is 0.449 e. The maximum atomic E-state index is 11.5. The number of benzene rings is 1. The van der Waals surface area contributed by atoms with Gasteiger partial charge >= 0.3 is 6.09 Å². The van der Waals surface area contributed by atoms with Crippen LogP contribution in [0.2, 0.25) is 5.02 Å². The molecule has 0 aliphatic rings. The smallest absolute Gasteiger partial charge is 0.418 e. The van der Waals surface area contributed by atoms with Crippen molar-refractivity contribution in [2.45, 2.75) is 6.92 Å². The van der Waals surface area contributed by atoms with Crippen molar-refractivity contribution < 1.29 is 9.53 Å². The van der Waals surface area contributed by atoms with E-state index in [0.29, 0.717) is 11.6 Å². The molecule has 2 rings (SSSR count). The Morgan fingerprint density at radius 1 is 1.47 bits per heavy atom. The minimum absolute atomic E-state index is 0.366. The Morgan fingerprint density at radius 3 is 3.00 bits per heavy atom. The zero-order valence-electron chi connectivity index (χ0n) is 8.24. The van der Waals surface area contributed by atoms with Gasteiger partial charge in [0, 0.05) is 16.6 Å². The molecular weight excluding hydrogens is 214 g/mol. The normalized spacial score (nSPS) is 10.5. The quantitative estimate of drug-likeness (QED) is 0.743. The second-order valence-electron chi connectivity index (χ2n) is 3.09. The third-order valence-corrected chi connectivity index (χ3v) is 2.35. The Balaban J connectivity index is 2.49. The molecule has 0 bridgehead atoms. The van der Waals surface area contributed by atoms with Crippen LogP contribution in [0.4, 0.5) is 4.79 Å². The van der Waals surface area contributed by atoms with Crippen molar-refractivity contribution >= 4 is 28.6 Å². The van der Waals surface area contributed by atoms with E-state index in [9.17, 15) is 4.79 Å². The summed E-state index contributed by atoms with van der Waals surface area (Å²) in [4.78, 5) is 11.5. The number of rotatable bonds is 1. The summed E-state index contributed by atoms with van der Waals surface area (Å²) >= 11 is 5.84. The molecule has 0 N–H and O–H groups in total. The maximum absolute atomic E-state index is 11.5. The molecule has 0 spiro atoms. The fraction of sp³-hybridized carbons (Fsp3) is 0.182. The van der Waals surface area contributed by atoms with Crippen molar-refractivity contribution in [3.63, 3.8) is 0 Å². The number of fused-ring (bicyclic) bond motifs is 1. The molecule has 1 aromatic carbocycles. The minimum atomic E-state index is -0.366. The number of hydrogen-bond donors (Lipinski definition) is 0. The second kappa shape index (κ2) is 3.95. The zero-order valence-corrected chi connectivity index (χ0v) is 8.99. The SMILES string of the molecule is CCOC(=O)n1ccc2cc(Cl)ccc21. The zero-order chi connectivity index (χ0) is 10.8. The van der Waals surface area contributed by atoms with Crippen LogP contribution in [-0.2, 0) is 4.74 Å². The highest BCUT2D eigenvalue weighted by Gasteiger charge is 2.08. The molecule has 1 aromatic heterocycles. The first kappa shape index (κ1) is 10.1. The topological polar surface area (TPSA) is 31.2 Å². The molecule has 0 radical (unpaired) electrons. The highest BCUT2D eigenvalue weighted by molar-refractivity contribution is 6.31. The Morgan fingerprint density at radius 2 is 2.27 bits per heavy atom. The van der Waals surface area contributed by atoms with E-state index in [2.05, 4.69) is 0 Å². The predicted octanol–water partition coefficient (Wildman–Crippen LogP) is 3.30. The van der Waals surface area contributed by atoms with Crippen molar-refractivity contribution in [3.05, 3.63) is 35.5 Å². The van der Waals surface area contributed by atoms with Gasteiger partial charge in [0.05, 0.1) is 12.1 Å². The molecule has 0 saturated heterocycles. The third kappa shape index (κ3) is 1.83. The van der Waals surface area contributed by atoms with Crippen LogP contribution in [0, 0.1) is 0 Å². The van der Waals surface area contributed by atoms with Gasteiger partial charge in [0.15, 0.2) is 0 Å². The summed E-state index contributed by atoms with van der Waals surface area (Å²) in [6.45, 7) is 2.15. The Hall–Kier alpha value is -1.48. The summed E-state index contributed by atoms with van der Waals surface area (Å²) in [7, 11) is 0. The van der Waals surface area contributed by atoms with Gasteiger partial charge in [-0.1, -0.05) is 11.6 Å². The summed E-state index contributed by atoms with van der Waals surface area (Å²) in [6.07, 6.45) is 1.31. The highest BCUT2D eigenvalue weighted by atomic mass is 35.5. The molecule has 0 aliphatic carbocycles. The van der Waals surface area contributed by atoms with Crippen LogP contribution in [0.15, 0.2) is 30.5 Å². The van der Waals surface area contributed by atoms with Crippen LogP contribution >= 0.6 is 11.6 Å². The highest BCUT2D eigenvalue weighted by Crippen LogP contribution is 2.20. The molecular formula is C11H10ClNO2. The molecule has 3 nitrogen and oxygen atoms in total. The molecule has 0 atom stereocenters. The molecule has 0 aliphatic heterocycles. The lowest BCUT2D eigenvalue weighted by molar-refractivity contribution is 0.155. The molecule has 78 valence electrons. The summed E-state index contributed by atoms with van der Waals surface area (Å²) in [5.74, 6) is 0. The molecule has 1 heterocycles. The van der Waals surface area contributed by atoms with Gasteiger partial charge in [-0.15, -0.1) is 0 Å². The van der Waals surface area contributed by atoms with E-state index in [1.807, 2.05) is 12.1 Å². The van der Waals surface area contributed by atoms with E-state index in [4.69, 9.17) is 16.3 Å². The lowest BCUT2D eigenvalue weighted by atomic mass is 10.2. The third-order valence-electron chi connectivity index (χ3n) is 2.12. The number of halogens is 1. The molecule has 2 aromatic rings. The van der Waals surface area contributed by atoms with Crippen molar-refractivity contribution in [2.24, 2.45) is 0 Å². The number of carbonyl (C=O) groups excluding carboxylic acids is 1. The number of hydrogen-bond acceptors (Lipinski definition) is 2.